The molecule has 1 aliphatic rings. The number of hydrogen-bond acceptors (Lipinski definition) is 3. The molecule has 0 radical (unpaired) electrons. The molecule has 1 atom stereocenters. The van der Waals surface area contributed by atoms with Crippen LogP contribution in [0.25, 0.3) is 0 Å². The van der Waals surface area contributed by atoms with Crippen molar-refractivity contribution in [2.24, 2.45) is 0 Å². The number of carbonyl (C=O) groups excluding carboxylic acids is 1. The van der Waals surface area contributed by atoms with Crippen molar-refractivity contribution in [3.8, 4) is 11.5 Å². The molecule has 0 bridgehead atoms. The van der Waals surface area contributed by atoms with E-state index in [2.05, 4.69) is 0 Å². The van der Waals surface area contributed by atoms with Gasteiger partial charge in [0, 0.05) is 0 Å². The molecule has 3 heteroatoms. The number of fused-ring (bicyclic) bond motifs is 1. The number of benzene rings is 2. The van der Waals surface area contributed by atoms with E-state index in [0.717, 1.165) is 23.2 Å². The maximum Gasteiger partial charge on any atom is 0.231 e. The molecule has 2 aromatic carbocycles. The van der Waals surface area contributed by atoms with Crippen molar-refractivity contribution in [3.05, 3.63) is 59.7 Å². The van der Waals surface area contributed by atoms with Gasteiger partial charge in [-0.2, -0.15) is 0 Å². The second kappa shape index (κ2) is 5.00. The van der Waals surface area contributed by atoms with Crippen molar-refractivity contribution in [1.82, 2.24) is 0 Å². The van der Waals surface area contributed by atoms with Crippen molar-refractivity contribution in [3.63, 3.8) is 0 Å². The van der Waals surface area contributed by atoms with Crippen LogP contribution in [-0.4, -0.2) is 13.1 Å². The third kappa shape index (κ3) is 2.27. The molecule has 0 amide bonds. The lowest BCUT2D eigenvalue weighted by Crippen LogP contribution is -2.26. The number of carbonyl (C=O) groups is 1. The van der Waals surface area contributed by atoms with Crippen molar-refractivity contribution >= 4 is 6.29 Å². The van der Waals surface area contributed by atoms with E-state index in [4.69, 9.17) is 9.47 Å². The Morgan fingerprint density at radius 1 is 1.10 bits per heavy atom. The molecule has 0 saturated carbocycles. The van der Waals surface area contributed by atoms with Gasteiger partial charge in [-0.3, -0.25) is 0 Å². The first-order valence-electron chi connectivity index (χ1n) is 6.62. The average Bonchev–Trinajstić information content (AvgIpc) is 2.95. The Morgan fingerprint density at radius 2 is 1.85 bits per heavy atom. The van der Waals surface area contributed by atoms with E-state index in [1.807, 2.05) is 55.5 Å². The third-order valence-corrected chi connectivity index (χ3v) is 3.71. The van der Waals surface area contributed by atoms with Crippen molar-refractivity contribution in [2.45, 2.75) is 18.8 Å². The van der Waals surface area contributed by atoms with Crippen molar-refractivity contribution < 1.29 is 14.3 Å². The molecular formula is C17H16O3. The van der Waals surface area contributed by atoms with Gasteiger partial charge in [0.2, 0.25) is 6.79 Å². The van der Waals surface area contributed by atoms with Crippen LogP contribution in [0.4, 0.5) is 0 Å². The maximum absolute atomic E-state index is 11.7. The zero-order valence-electron chi connectivity index (χ0n) is 11.3. The predicted molar refractivity (Wildman–Crippen MR) is 76.1 cm³/mol. The zero-order valence-corrected chi connectivity index (χ0v) is 11.3. The van der Waals surface area contributed by atoms with Crippen LogP contribution in [0.2, 0.25) is 0 Å². The molecule has 1 unspecified atom stereocenters. The van der Waals surface area contributed by atoms with Crippen LogP contribution < -0.4 is 9.47 Å². The van der Waals surface area contributed by atoms with E-state index < -0.39 is 5.41 Å². The molecule has 0 spiro atoms. The monoisotopic (exact) mass is 268 g/mol. The van der Waals surface area contributed by atoms with Gasteiger partial charge in [-0.15, -0.1) is 0 Å². The Bertz CT molecular complexity index is 621. The fourth-order valence-corrected chi connectivity index (χ4v) is 2.48. The van der Waals surface area contributed by atoms with E-state index in [0.29, 0.717) is 12.2 Å². The molecular weight excluding hydrogens is 252 g/mol. The first kappa shape index (κ1) is 12.7. The molecule has 0 saturated heterocycles. The van der Waals surface area contributed by atoms with Gasteiger partial charge < -0.3 is 14.3 Å². The van der Waals surface area contributed by atoms with E-state index >= 15 is 0 Å². The minimum atomic E-state index is -0.567. The summed E-state index contributed by atoms with van der Waals surface area (Å²) in [6.07, 6.45) is 1.68. The number of aldehydes is 1. The van der Waals surface area contributed by atoms with Crippen LogP contribution in [0.15, 0.2) is 48.5 Å². The standard InChI is InChI=1S/C17H16O3/c1-17(11-18,10-13-5-3-2-4-6-13)14-7-8-15-16(9-14)20-12-19-15/h2-9,11H,10,12H2,1H3. The van der Waals surface area contributed by atoms with E-state index in [9.17, 15) is 4.79 Å². The number of ether oxygens (including phenoxy) is 2. The summed E-state index contributed by atoms with van der Waals surface area (Å²) in [6.45, 7) is 2.19. The first-order valence-corrected chi connectivity index (χ1v) is 6.62. The molecule has 2 aromatic rings. The summed E-state index contributed by atoms with van der Waals surface area (Å²) in [4.78, 5) is 11.7. The van der Waals surface area contributed by atoms with E-state index in [-0.39, 0.29) is 6.79 Å². The largest absolute Gasteiger partial charge is 0.454 e. The summed E-state index contributed by atoms with van der Waals surface area (Å²) in [6, 6.07) is 15.7. The molecule has 0 N–H and O–H groups in total. The lowest BCUT2D eigenvalue weighted by atomic mass is 9.78. The fourth-order valence-electron chi connectivity index (χ4n) is 2.48. The van der Waals surface area contributed by atoms with Crippen LogP contribution in [0.5, 0.6) is 11.5 Å². The first-order chi connectivity index (χ1) is 9.71. The summed E-state index contributed by atoms with van der Waals surface area (Å²) in [5, 5.41) is 0. The van der Waals surface area contributed by atoms with Gasteiger partial charge >= 0.3 is 0 Å². The van der Waals surface area contributed by atoms with Crippen LogP contribution in [0.1, 0.15) is 18.1 Å². The highest BCUT2D eigenvalue weighted by Gasteiger charge is 2.28. The molecule has 0 aliphatic carbocycles. The summed E-state index contributed by atoms with van der Waals surface area (Å²) in [5.41, 5.74) is 1.52. The highest BCUT2D eigenvalue weighted by atomic mass is 16.7. The molecule has 0 aromatic heterocycles. The second-order valence-electron chi connectivity index (χ2n) is 5.27. The van der Waals surface area contributed by atoms with Crippen molar-refractivity contribution in [1.29, 1.82) is 0 Å². The fraction of sp³-hybridized carbons (Fsp3) is 0.235. The van der Waals surface area contributed by atoms with Crippen LogP contribution in [0.3, 0.4) is 0 Å². The molecule has 1 aliphatic heterocycles. The molecule has 1 heterocycles. The van der Waals surface area contributed by atoms with Crippen LogP contribution in [0, 0.1) is 0 Å². The van der Waals surface area contributed by atoms with Gasteiger partial charge in [-0.05, 0) is 36.6 Å². The number of hydrogen-bond donors (Lipinski definition) is 0. The topological polar surface area (TPSA) is 35.5 Å². The number of rotatable bonds is 4. The molecule has 102 valence electrons. The summed E-state index contributed by atoms with van der Waals surface area (Å²) in [5.74, 6) is 1.45. The van der Waals surface area contributed by atoms with Gasteiger partial charge in [0.1, 0.15) is 6.29 Å². The van der Waals surface area contributed by atoms with Gasteiger partial charge in [0.25, 0.3) is 0 Å². The Hall–Kier alpha value is -2.29. The highest BCUT2D eigenvalue weighted by molar-refractivity contribution is 5.69. The van der Waals surface area contributed by atoms with E-state index in [1.54, 1.807) is 0 Å². The van der Waals surface area contributed by atoms with Crippen molar-refractivity contribution in [2.75, 3.05) is 6.79 Å². The van der Waals surface area contributed by atoms with Crippen LogP contribution >= 0.6 is 0 Å². The Labute approximate surface area is 118 Å². The van der Waals surface area contributed by atoms with Crippen LogP contribution in [-0.2, 0) is 16.6 Å². The Morgan fingerprint density at radius 3 is 2.60 bits per heavy atom. The van der Waals surface area contributed by atoms with Gasteiger partial charge in [0.15, 0.2) is 11.5 Å². The lowest BCUT2D eigenvalue weighted by Gasteiger charge is -2.24. The summed E-state index contributed by atoms with van der Waals surface area (Å²) >= 11 is 0. The normalized spacial score (nSPS) is 15.7. The third-order valence-electron chi connectivity index (χ3n) is 3.71. The minimum Gasteiger partial charge on any atom is -0.454 e. The Kier molecular flexibility index (Phi) is 3.18. The minimum absolute atomic E-state index is 0.245. The molecule has 0 fully saturated rings. The Balaban J connectivity index is 1.94. The van der Waals surface area contributed by atoms with E-state index in [1.165, 1.54) is 0 Å². The van der Waals surface area contributed by atoms with Gasteiger partial charge in [-0.25, -0.2) is 0 Å². The average molecular weight is 268 g/mol. The summed E-state index contributed by atoms with van der Waals surface area (Å²) in [7, 11) is 0. The molecule has 3 rings (SSSR count). The molecule has 20 heavy (non-hydrogen) atoms. The molecule has 3 nitrogen and oxygen atoms in total. The van der Waals surface area contributed by atoms with Gasteiger partial charge in [0.05, 0.1) is 5.41 Å². The predicted octanol–water partition coefficient (Wildman–Crippen LogP) is 3.11. The zero-order chi connectivity index (χ0) is 14.0. The smallest absolute Gasteiger partial charge is 0.231 e. The quantitative estimate of drug-likeness (QED) is 0.799. The highest BCUT2D eigenvalue weighted by Crippen LogP contribution is 2.37. The van der Waals surface area contributed by atoms with Gasteiger partial charge in [-0.1, -0.05) is 36.4 Å². The SMILES string of the molecule is CC(C=O)(Cc1ccccc1)c1ccc2c(c1)OCO2. The lowest BCUT2D eigenvalue weighted by molar-refractivity contribution is -0.112. The maximum atomic E-state index is 11.7. The summed E-state index contributed by atoms with van der Waals surface area (Å²) < 4.78 is 10.7. The second-order valence-corrected chi connectivity index (χ2v) is 5.27.